The molecule has 0 fully saturated rings. The van der Waals surface area contributed by atoms with Gasteiger partial charge in [0.1, 0.15) is 5.82 Å². The van der Waals surface area contributed by atoms with Gasteiger partial charge in [-0.3, -0.25) is 9.78 Å². The van der Waals surface area contributed by atoms with Crippen LogP contribution in [0.4, 0.5) is 4.39 Å². The molecule has 1 aliphatic rings. The molecule has 3 rings (SSSR count). The fourth-order valence-corrected chi connectivity index (χ4v) is 2.84. The van der Waals surface area contributed by atoms with Gasteiger partial charge in [-0.2, -0.15) is 0 Å². The lowest BCUT2D eigenvalue weighted by Crippen LogP contribution is -2.17. The van der Waals surface area contributed by atoms with Gasteiger partial charge in [0.25, 0.3) is 0 Å². The van der Waals surface area contributed by atoms with Crippen LogP contribution in [0.2, 0.25) is 0 Å². The van der Waals surface area contributed by atoms with Crippen molar-refractivity contribution in [1.82, 2.24) is 10.3 Å². The van der Waals surface area contributed by atoms with Crippen LogP contribution in [0.5, 0.6) is 0 Å². The third-order valence-corrected chi connectivity index (χ3v) is 4.36. The number of ketones is 1. The summed E-state index contributed by atoms with van der Waals surface area (Å²) in [6, 6.07) is 8.71. The maximum atomic E-state index is 13.7. The number of carbonyl (C=O) groups excluding carboxylic acids is 1. The van der Waals surface area contributed by atoms with Crippen LogP contribution in [0.15, 0.2) is 79.2 Å². The van der Waals surface area contributed by atoms with E-state index in [-0.39, 0.29) is 18.1 Å². The molecule has 0 saturated heterocycles. The lowest BCUT2D eigenvalue weighted by atomic mass is 9.92. The second kappa shape index (κ2) is 8.39. The van der Waals surface area contributed by atoms with Gasteiger partial charge in [0.05, 0.1) is 18.0 Å². The minimum atomic E-state index is -0.253. The van der Waals surface area contributed by atoms with Gasteiger partial charge in [0, 0.05) is 29.1 Å². The number of allylic oxidation sites excluding steroid dienone is 5. The number of nitrogens with one attached hydrogen (secondary N) is 2. The highest BCUT2D eigenvalue weighted by molar-refractivity contribution is 6.13. The molecule has 5 heteroatoms. The van der Waals surface area contributed by atoms with Gasteiger partial charge in [-0.25, -0.2) is 4.39 Å². The maximum Gasteiger partial charge on any atom is 0.174 e. The van der Waals surface area contributed by atoms with E-state index in [0.29, 0.717) is 16.8 Å². The van der Waals surface area contributed by atoms with Crippen molar-refractivity contribution >= 4 is 17.1 Å². The van der Waals surface area contributed by atoms with Gasteiger partial charge in [-0.15, -0.1) is 0 Å². The third-order valence-electron chi connectivity index (χ3n) is 4.36. The standard InChI is InChI=1S/C23H20FN3O/c1-3-19(28)14-26-13-18-12-16(7-9-22(18)25)20-5-4-10-27-23(20)17-6-8-21(24)15(2)11-17/h3-13,25-26H,1,14H2,2H3/b18-13-,25-22?. The summed E-state index contributed by atoms with van der Waals surface area (Å²) in [6.07, 6.45) is 10.0. The molecule has 2 N–H and O–H groups in total. The van der Waals surface area contributed by atoms with Crippen LogP contribution in [0.1, 0.15) is 11.1 Å². The van der Waals surface area contributed by atoms with Gasteiger partial charge in [0.2, 0.25) is 0 Å². The first-order chi connectivity index (χ1) is 13.5. The van der Waals surface area contributed by atoms with Crippen LogP contribution in [0, 0.1) is 18.2 Å². The van der Waals surface area contributed by atoms with E-state index in [1.165, 1.54) is 12.1 Å². The highest BCUT2D eigenvalue weighted by Crippen LogP contribution is 2.31. The lowest BCUT2D eigenvalue weighted by molar-refractivity contribution is -0.113. The first kappa shape index (κ1) is 19.2. The van der Waals surface area contributed by atoms with Crippen molar-refractivity contribution in [2.24, 2.45) is 0 Å². The zero-order valence-corrected chi connectivity index (χ0v) is 15.5. The highest BCUT2D eigenvalue weighted by atomic mass is 19.1. The topological polar surface area (TPSA) is 65.8 Å². The van der Waals surface area contributed by atoms with E-state index in [1.807, 2.05) is 24.3 Å². The molecule has 2 aromatic rings. The first-order valence-electron chi connectivity index (χ1n) is 8.79. The Morgan fingerprint density at radius 1 is 1.32 bits per heavy atom. The van der Waals surface area contributed by atoms with E-state index < -0.39 is 0 Å². The number of hydrogen-bond donors (Lipinski definition) is 2. The van der Waals surface area contributed by atoms with Gasteiger partial charge in [-0.1, -0.05) is 18.7 Å². The molecule has 4 nitrogen and oxygen atoms in total. The second-order valence-corrected chi connectivity index (χ2v) is 6.36. The molecule has 0 amide bonds. The number of aromatic nitrogens is 1. The number of rotatable bonds is 6. The molecule has 1 aliphatic carbocycles. The highest BCUT2D eigenvalue weighted by Gasteiger charge is 2.14. The molecule has 0 atom stereocenters. The first-order valence-corrected chi connectivity index (χ1v) is 8.79. The smallest absolute Gasteiger partial charge is 0.174 e. The van der Waals surface area contributed by atoms with Crippen LogP contribution < -0.4 is 5.32 Å². The van der Waals surface area contributed by atoms with Crippen molar-refractivity contribution in [1.29, 1.82) is 5.41 Å². The number of pyridine rings is 1. The van der Waals surface area contributed by atoms with E-state index in [1.54, 1.807) is 37.5 Å². The van der Waals surface area contributed by atoms with Gasteiger partial charge in [-0.05, 0) is 60.6 Å². The Morgan fingerprint density at radius 2 is 2.14 bits per heavy atom. The van der Waals surface area contributed by atoms with E-state index in [9.17, 15) is 9.18 Å². The van der Waals surface area contributed by atoms with Crippen molar-refractivity contribution in [3.63, 3.8) is 0 Å². The molecular formula is C23H20FN3O. The van der Waals surface area contributed by atoms with Crippen LogP contribution >= 0.6 is 0 Å². The summed E-state index contributed by atoms with van der Waals surface area (Å²) in [6.45, 7) is 5.28. The van der Waals surface area contributed by atoms with E-state index in [2.05, 4.69) is 16.9 Å². The Hall–Kier alpha value is -3.60. The summed E-state index contributed by atoms with van der Waals surface area (Å²) in [7, 11) is 0. The Labute approximate surface area is 163 Å². The van der Waals surface area contributed by atoms with Crippen LogP contribution in [-0.4, -0.2) is 23.0 Å². The predicted molar refractivity (Wildman–Crippen MR) is 111 cm³/mol. The van der Waals surface area contributed by atoms with Crippen LogP contribution in [0.3, 0.4) is 0 Å². The summed E-state index contributed by atoms with van der Waals surface area (Å²) in [4.78, 5) is 15.8. The second-order valence-electron chi connectivity index (χ2n) is 6.36. The van der Waals surface area contributed by atoms with Crippen molar-refractivity contribution in [3.8, 4) is 11.3 Å². The van der Waals surface area contributed by atoms with E-state index in [0.717, 1.165) is 22.4 Å². The Balaban J connectivity index is 1.97. The zero-order chi connectivity index (χ0) is 20.1. The number of halogens is 1. The molecule has 0 bridgehead atoms. The number of benzene rings is 1. The quantitative estimate of drug-likeness (QED) is 0.738. The van der Waals surface area contributed by atoms with Gasteiger partial charge >= 0.3 is 0 Å². The van der Waals surface area contributed by atoms with E-state index in [4.69, 9.17) is 5.41 Å². The predicted octanol–water partition coefficient (Wildman–Crippen LogP) is 4.40. The SMILES string of the molecule is C=CC(=O)CN/C=C1/C=C(c2cccnc2-c2ccc(F)c(C)c2)C=CC1=N. The average Bonchev–Trinajstić information content (AvgIpc) is 2.71. The number of hydrogen-bond acceptors (Lipinski definition) is 4. The number of carbonyl (C=O) groups is 1. The molecule has 0 spiro atoms. The van der Waals surface area contributed by atoms with Crippen molar-refractivity contribution in [3.05, 3.63) is 96.1 Å². The molecule has 1 aromatic carbocycles. The molecule has 0 unspecified atom stereocenters. The van der Waals surface area contributed by atoms with Crippen molar-refractivity contribution in [2.45, 2.75) is 6.92 Å². The fourth-order valence-electron chi connectivity index (χ4n) is 2.84. The summed E-state index contributed by atoms with van der Waals surface area (Å²) in [5.41, 5.74) is 4.87. The molecule has 0 saturated carbocycles. The molecule has 0 aliphatic heterocycles. The lowest BCUT2D eigenvalue weighted by Gasteiger charge is -2.15. The van der Waals surface area contributed by atoms with Gasteiger partial charge in [0.15, 0.2) is 5.78 Å². The van der Waals surface area contributed by atoms with Crippen LogP contribution in [-0.2, 0) is 4.79 Å². The molecule has 140 valence electrons. The molecule has 1 heterocycles. The monoisotopic (exact) mass is 373 g/mol. The molecule has 28 heavy (non-hydrogen) atoms. The molecular weight excluding hydrogens is 353 g/mol. The fraction of sp³-hybridized carbons (Fsp3) is 0.0870. The number of aryl methyl sites for hydroxylation is 1. The largest absolute Gasteiger partial charge is 0.383 e. The summed E-state index contributed by atoms with van der Waals surface area (Å²) < 4.78 is 13.7. The van der Waals surface area contributed by atoms with Crippen molar-refractivity contribution in [2.75, 3.05) is 6.54 Å². The van der Waals surface area contributed by atoms with Gasteiger partial charge < -0.3 is 10.7 Å². The Kier molecular flexibility index (Phi) is 5.75. The molecule has 1 aromatic heterocycles. The Bertz CT molecular complexity index is 1050. The summed E-state index contributed by atoms with van der Waals surface area (Å²) >= 11 is 0. The summed E-state index contributed by atoms with van der Waals surface area (Å²) in [5, 5.41) is 11.0. The molecule has 0 radical (unpaired) electrons. The summed E-state index contributed by atoms with van der Waals surface area (Å²) in [5.74, 6) is -0.378. The average molecular weight is 373 g/mol. The third kappa shape index (κ3) is 4.20. The Morgan fingerprint density at radius 3 is 2.89 bits per heavy atom. The van der Waals surface area contributed by atoms with Crippen LogP contribution in [0.25, 0.3) is 16.8 Å². The van der Waals surface area contributed by atoms with Crippen molar-refractivity contribution < 1.29 is 9.18 Å². The van der Waals surface area contributed by atoms with E-state index >= 15 is 0 Å². The maximum absolute atomic E-state index is 13.7. The normalized spacial score (nSPS) is 14.7. The number of nitrogens with zero attached hydrogens (tertiary/aromatic N) is 1. The minimum Gasteiger partial charge on any atom is -0.383 e. The minimum absolute atomic E-state index is 0.125. The zero-order valence-electron chi connectivity index (χ0n) is 15.5.